The van der Waals surface area contributed by atoms with Crippen molar-refractivity contribution >= 4 is 21.6 Å². The largest absolute Gasteiger partial charge is 0.262 e. The van der Waals surface area contributed by atoms with E-state index in [9.17, 15) is 8.42 Å². The summed E-state index contributed by atoms with van der Waals surface area (Å²) < 4.78 is 27.4. The number of aryl methyl sites for hydroxylation is 1. The second kappa shape index (κ2) is 5.69. The molecule has 1 heterocycles. The highest BCUT2D eigenvalue weighted by molar-refractivity contribution is 7.89. The summed E-state index contributed by atoms with van der Waals surface area (Å²) in [4.78, 5) is 0. The molecular weight excluding hydrogens is 276 g/mol. The van der Waals surface area contributed by atoms with Crippen LogP contribution in [0.4, 0.5) is 0 Å². The van der Waals surface area contributed by atoms with Crippen molar-refractivity contribution in [2.45, 2.75) is 31.3 Å². The molecule has 0 fully saturated rings. The topological polar surface area (TPSA) is 79.0 Å². The van der Waals surface area contributed by atoms with Crippen LogP contribution in [0, 0.1) is 11.3 Å². The van der Waals surface area contributed by atoms with Crippen LogP contribution in [0.5, 0.6) is 0 Å². The molecule has 0 aromatic carbocycles. The number of nitriles is 1. The van der Waals surface area contributed by atoms with Crippen LogP contribution < -0.4 is 0 Å². The molecule has 0 bridgehead atoms. The molecule has 1 aromatic rings. The Kier molecular flexibility index (Phi) is 4.73. The number of sulfonamides is 1. The van der Waals surface area contributed by atoms with Crippen LogP contribution in [0.3, 0.4) is 0 Å². The van der Waals surface area contributed by atoms with E-state index in [1.165, 1.54) is 22.2 Å². The number of halogens is 1. The average Bonchev–Trinajstić information content (AvgIpc) is 2.58. The van der Waals surface area contributed by atoms with Gasteiger partial charge in [0.25, 0.3) is 10.0 Å². The van der Waals surface area contributed by atoms with Crippen molar-refractivity contribution in [3.8, 4) is 6.07 Å². The lowest BCUT2D eigenvalue weighted by molar-refractivity contribution is 0.356. The van der Waals surface area contributed by atoms with Crippen molar-refractivity contribution in [3.63, 3.8) is 0 Å². The van der Waals surface area contributed by atoms with Gasteiger partial charge in [-0.05, 0) is 13.8 Å². The number of hydrogen-bond acceptors (Lipinski definition) is 4. The minimum Gasteiger partial charge on any atom is -0.255 e. The van der Waals surface area contributed by atoms with Gasteiger partial charge in [0, 0.05) is 26.1 Å². The third kappa shape index (κ3) is 2.83. The molecule has 18 heavy (non-hydrogen) atoms. The fourth-order valence-electron chi connectivity index (χ4n) is 1.62. The van der Waals surface area contributed by atoms with Crippen LogP contribution in [-0.2, 0) is 17.1 Å². The number of aromatic nitrogens is 2. The van der Waals surface area contributed by atoms with Gasteiger partial charge in [0.1, 0.15) is 0 Å². The molecule has 0 spiro atoms. The van der Waals surface area contributed by atoms with Gasteiger partial charge in [0.05, 0.1) is 17.3 Å². The van der Waals surface area contributed by atoms with Crippen LogP contribution in [0.15, 0.2) is 11.2 Å². The molecule has 0 radical (unpaired) electrons. The summed E-state index contributed by atoms with van der Waals surface area (Å²) in [5.74, 6) is 0. The minimum atomic E-state index is -3.74. The monoisotopic (exact) mass is 290 g/mol. The zero-order valence-corrected chi connectivity index (χ0v) is 12.0. The van der Waals surface area contributed by atoms with E-state index >= 15 is 0 Å². The average molecular weight is 291 g/mol. The van der Waals surface area contributed by atoms with E-state index in [1.54, 1.807) is 13.8 Å². The first kappa shape index (κ1) is 15.0. The minimum absolute atomic E-state index is 0.0455. The standard InChI is InChI=1S/C10H15ClN4O2S/c1-8(2)15(6-4-5-12)18(16,17)10-9(11)7-13-14(10)3/h7-8H,4,6H2,1-3H3. The van der Waals surface area contributed by atoms with Gasteiger partial charge in [-0.15, -0.1) is 0 Å². The maximum absolute atomic E-state index is 12.5. The molecule has 0 N–H and O–H groups in total. The summed E-state index contributed by atoms with van der Waals surface area (Å²) in [6, 6.07) is 1.68. The highest BCUT2D eigenvalue weighted by Gasteiger charge is 2.31. The smallest absolute Gasteiger partial charge is 0.255 e. The SMILES string of the molecule is CC(C)N(CCC#N)S(=O)(=O)c1c(Cl)cnn1C. The molecule has 0 unspecified atom stereocenters. The molecule has 0 aliphatic rings. The third-order valence-electron chi connectivity index (χ3n) is 2.42. The van der Waals surface area contributed by atoms with Gasteiger partial charge >= 0.3 is 0 Å². The Morgan fingerprint density at radius 3 is 2.61 bits per heavy atom. The van der Waals surface area contributed by atoms with Crippen molar-refractivity contribution in [1.82, 2.24) is 14.1 Å². The first-order valence-corrected chi connectivity index (χ1v) is 7.20. The highest BCUT2D eigenvalue weighted by atomic mass is 35.5. The first-order valence-electron chi connectivity index (χ1n) is 5.38. The van der Waals surface area contributed by atoms with Gasteiger partial charge in [-0.2, -0.15) is 14.7 Å². The Labute approximate surface area is 112 Å². The number of hydrogen-bond donors (Lipinski definition) is 0. The fraction of sp³-hybridized carbons (Fsp3) is 0.600. The predicted molar refractivity (Wildman–Crippen MR) is 67.5 cm³/mol. The van der Waals surface area contributed by atoms with Crippen LogP contribution >= 0.6 is 11.6 Å². The summed E-state index contributed by atoms with van der Waals surface area (Å²) in [5.41, 5.74) is 0. The van der Waals surface area contributed by atoms with E-state index in [1.807, 2.05) is 6.07 Å². The molecule has 0 amide bonds. The van der Waals surface area contributed by atoms with E-state index in [2.05, 4.69) is 5.10 Å². The molecule has 0 aliphatic heterocycles. The number of rotatable bonds is 5. The Morgan fingerprint density at radius 2 is 2.22 bits per heavy atom. The highest BCUT2D eigenvalue weighted by Crippen LogP contribution is 2.25. The van der Waals surface area contributed by atoms with Crippen LogP contribution in [0.2, 0.25) is 5.02 Å². The lowest BCUT2D eigenvalue weighted by Gasteiger charge is -2.24. The lowest BCUT2D eigenvalue weighted by atomic mass is 10.3. The Hall–Kier alpha value is -1.10. The van der Waals surface area contributed by atoms with Crippen molar-refractivity contribution in [3.05, 3.63) is 11.2 Å². The molecular formula is C10H15ClN4O2S. The normalized spacial score (nSPS) is 12.1. The Bertz CT molecular complexity index is 539. The molecule has 0 atom stereocenters. The summed E-state index contributed by atoms with van der Waals surface area (Å²) in [6.45, 7) is 3.64. The van der Waals surface area contributed by atoms with Crippen LogP contribution in [-0.4, -0.2) is 35.1 Å². The summed E-state index contributed by atoms with van der Waals surface area (Å²) in [5, 5.41) is 12.4. The van der Waals surface area contributed by atoms with E-state index in [0.717, 1.165) is 0 Å². The molecule has 1 rings (SSSR count). The van der Waals surface area contributed by atoms with Crippen molar-refractivity contribution < 1.29 is 8.42 Å². The summed E-state index contributed by atoms with van der Waals surface area (Å²) in [6.07, 6.45) is 1.42. The van der Waals surface area contributed by atoms with Crippen molar-refractivity contribution in [2.75, 3.05) is 6.54 Å². The van der Waals surface area contributed by atoms with E-state index in [0.29, 0.717) is 0 Å². The zero-order valence-electron chi connectivity index (χ0n) is 10.5. The Morgan fingerprint density at radius 1 is 1.61 bits per heavy atom. The molecule has 8 heteroatoms. The maximum Gasteiger partial charge on any atom is 0.262 e. The van der Waals surface area contributed by atoms with E-state index in [-0.39, 0.29) is 29.1 Å². The van der Waals surface area contributed by atoms with Gasteiger partial charge in [-0.1, -0.05) is 11.6 Å². The quantitative estimate of drug-likeness (QED) is 0.821. The molecule has 0 aliphatic carbocycles. The second-order valence-electron chi connectivity index (χ2n) is 4.04. The first-order chi connectivity index (χ1) is 8.32. The van der Waals surface area contributed by atoms with Crippen molar-refractivity contribution in [1.29, 1.82) is 5.26 Å². The fourth-order valence-corrected chi connectivity index (χ4v) is 3.86. The lowest BCUT2D eigenvalue weighted by Crippen LogP contribution is -2.38. The van der Waals surface area contributed by atoms with Gasteiger partial charge in [-0.3, -0.25) is 4.68 Å². The molecule has 0 saturated carbocycles. The van der Waals surface area contributed by atoms with Crippen LogP contribution in [0.1, 0.15) is 20.3 Å². The van der Waals surface area contributed by atoms with Crippen LogP contribution in [0.25, 0.3) is 0 Å². The van der Waals surface area contributed by atoms with Crippen molar-refractivity contribution in [2.24, 2.45) is 7.05 Å². The zero-order chi connectivity index (χ0) is 13.9. The molecule has 6 nitrogen and oxygen atoms in total. The second-order valence-corrected chi connectivity index (χ2v) is 6.25. The summed E-state index contributed by atoms with van der Waals surface area (Å²) in [7, 11) is -2.22. The molecule has 100 valence electrons. The van der Waals surface area contributed by atoms with Gasteiger partial charge in [-0.25, -0.2) is 8.42 Å². The van der Waals surface area contributed by atoms with E-state index < -0.39 is 10.0 Å². The van der Waals surface area contributed by atoms with Gasteiger partial charge < -0.3 is 0 Å². The van der Waals surface area contributed by atoms with E-state index in [4.69, 9.17) is 16.9 Å². The molecule has 0 saturated heterocycles. The molecule has 1 aromatic heterocycles. The maximum atomic E-state index is 12.5. The predicted octanol–water partition coefficient (Wildman–Crippen LogP) is 1.39. The van der Waals surface area contributed by atoms with Gasteiger partial charge in [0.15, 0.2) is 5.03 Å². The summed E-state index contributed by atoms with van der Waals surface area (Å²) >= 11 is 5.86. The van der Waals surface area contributed by atoms with Gasteiger partial charge in [0.2, 0.25) is 0 Å². The number of nitrogens with zero attached hydrogens (tertiary/aromatic N) is 4. The Balaban J connectivity index is 3.23. The third-order valence-corrected chi connectivity index (χ3v) is 5.00.